The Balaban J connectivity index is 1.53. The molecule has 2 aromatic carbocycles. The summed E-state index contributed by atoms with van der Waals surface area (Å²) < 4.78 is 0. The minimum atomic E-state index is -0.418. The smallest absolute Gasteiger partial charge is 0.348 e. The maximum atomic E-state index is 11.7. The van der Waals surface area contributed by atoms with Gasteiger partial charge in [-0.3, -0.25) is 4.98 Å². The Labute approximate surface area is 156 Å². The maximum Gasteiger partial charge on any atom is 0.348 e. The van der Waals surface area contributed by atoms with Crippen LogP contribution in [0.3, 0.4) is 0 Å². The average molecular weight is 357 g/mol. The second kappa shape index (κ2) is 7.39. The molecule has 0 aliphatic heterocycles. The molecule has 0 saturated carbocycles. The minimum Gasteiger partial charge on any atom is -0.365 e. The van der Waals surface area contributed by atoms with Crippen molar-refractivity contribution in [2.75, 3.05) is 5.32 Å². The van der Waals surface area contributed by atoms with Crippen molar-refractivity contribution in [1.29, 1.82) is 0 Å². The van der Waals surface area contributed by atoms with Crippen LogP contribution in [0.1, 0.15) is 11.1 Å². The van der Waals surface area contributed by atoms with Gasteiger partial charge in [0.25, 0.3) is 0 Å². The first-order valence-electron chi connectivity index (χ1n) is 8.70. The van der Waals surface area contributed by atoms with Crippen molar-refractivity contribution >= 4 is 16.9 Å². The monoisotopic (exact) mass is 357 g/mol. The van der Waals surface area contributed by atoms with E-state index in [-0.39, 0.29) is 0 Å². The number of aromatic amines is 1. The normalized spacial score (nSPS) is 10.9. The van der Waals surface area contributed by atoms with Crippen molar-refractivity contribution in [1.82, 2.24) is 15.0 Å². The highest BCUT2D eigenvalue weighted by atomic mass is 16.1. The number of nitrogens with one attached hydrogen (secondary N) is 2. The molecule has 27 heavy (non-hydrogen) atoms. The van der Waals surface area contributed by atoms with Crippen LogP contribution in [-0.4, -0.2) is 15.0 Å². The predicted octanol–water partition coefficient (Wildman–Crippen LogP) is 3.06. The summed E-state index contributed by atoms with van der Waals surface area (Å²) in [4.78, 5) is 22.5. The minimum absolute atomic E-state index is 0.418. The number of pyridine rings is 1. The summed E-state index contributed by atoms with van der Waals surface area (Å²) in [6.07, 6.45) is 1.64. The van der Waals surface area contributed by atoms with Gasteiger partial charge in [0.1, 0.15) is 11.5 Å². The summed E-state index contributed by atoms with van der Waals surface area (Å²) in [5.74, 6) is 0.529. The van der Waals surface area contributed by atoms with Gasteiger partial charge in [0, 0.05) is 19.3 Å². The number of fused-ring (bicyclic) bond motifs is 1. The van der Waals surface area contributed by atoms with E-state index in [9.17, 15) is 4.79 Å². The van der Waals surface area contributed by atoms with Crippen molar-refractivity contribution in [3.63, 3.8) is 0 Å². The summed E-state index contributed by atoms with van der Waals surface area (Å²) in [5.41, 5.74) is 10.3. The standard InChI is InChI=1S/C21H19N5O/c22-12-15-3-1-4-17(11-15)16-8-6-14(7-9-16)13-24-20-18-5-2-10-23-19(18)25-21(27)26-20/h1-11H,12-13,22H2,(H2,23,24,25,26,27). The first-order valence-corrected chi connectivity index (χ1v) is 8.70. The molecule has 2 heterocycles. The first-order chi connectivity index (χ1) is 13.2. The number of nitrogens with two attached hydrogens (primary N) is 1. The van der Waals surface area contributed by atoms with Gasteiger partial charge in [-0.15, -0.1) is 0 Å². The fraction of sp³-hybridized carbons (Fsp3) is 0.0952. The summed E-state index contributed by atoms with van der Waals surface area (Å²) in [7, 11) is 0. The van der Waals surface area contributed by atoms with Gasteiger partial charge < -0.3 is 11.1 Å². The van der Waals surface area contributed by atoms with Crippen molar-refractivity contribution in [3.8, 4) is 11.1 Å². The highest BCUT2D eigenvalue weighted by Crippen LogP contribution is 2.22. The topological polar surface area (TPSA) is 96.7 Å². The van der Waals surface area contributed by atoms with E-state index in [1.54, 1.807) is 6.20 Å². The fourth-order valence-corrected chi connectivity index (χ4v) is 3.00. The molecule has 4 rings (SSSR count). The van der Waals surface area contributed by atoms with E-state index in [1.165, 1.54) is 0 Å². The van der Waals surface area contributed by atoms with Crippen molar-refractivity contribution in [2.45, 2.75) is 13.1 Å². The highest BCUT2D eigenvalue weighted by molar-refractivity contribution is 5.85. The van der Waals surface area contributed by atoms with Gasteiger partial charge in [-0.05, 0) is 40.5 Å². The van der Waals surface area contributed by atoms with Crippen LogP contribution in [0.15, 0.2) is 71.7 Å². The largest absolute Gasteiger partial charge is 0.365 e. The zero-order valence-electron chi connectivity index (χ0n) is 14.6. The molecule has 0 saturated heterocycles. The van der Waals surface area contributed by atoms with Crippen LogP contribution in [0, 0.1) is 0 Å². The van der Waals surface area contributed by atoms with Crippen molar-refractivity contribution in [2.24, 2.45) is 5.73 Å². The second-order valence-corrected chi connectivity index (χ2v) is 6.25. The van der Waals surface area contributed by atoms with Crippen LogP contribution in [0.5, 0.6) is 0 Å². The van der Waals surface area contributed by atoms with Gasteiger partial charge >= 0.3 is 5.69 Å². The molecule has 0 aliphatic rings. The van der Waals surface area contributed by atoms with Crippen LogP contribution in [0.2, 0.25) is 0 Å². The van der Waals surface area contributed by atoms with E-state index in [2.05, 4.69) is 56.7 Å². The van der Waals surface area contributed by atoms with Gasteiger partial charge in [-0.25, -0.2) is 9.78 Å². The number of hydrogen-bond donors (Lipinski definition) is 3. The van der Waals surface area contributed by atoms with E-state index in [0.29, 0.717) is 24.6 Å². The van der Waals surface area contributed by atoms with Crippen molar-refractivity contribution < 1.29 is 0 Å². The Morgan fingerprint density at radius 2 is 1.81 bits per heavy atom. The van der Waals surface area contributed by atoms with Gasteiger partial charge in [0.2, 0.25) is 0 Å². The summed E-state index contributed by atoms with van der Waals surface area (Å²) in [5, 5.41) is 4.02. The quantitative estimate of drug-likeness (QED) is 0.510. The second-order valence-electron chi connectivity index (χ2n) is 6.25. The third-order valence-electron chi connectivity index (χ3n) is 4.41. The van der Waals surface area contributed by atoms with E-state index in [1.807, 2.05) is 24.3 Å². The van der Waals surface area contributed by atoms with Gasteiger partial charge in [0.15, 0.2) is 0 Å². The maximum absolute atomic E-state index is 11.7. The van der Waals surface area contributed by atoms with Crippen LogP contribution in [0.25, 0.3) is 22.2 Å². The molecule has 2 aromatic heterocycles. The Kier molecular flexibility index (Phi) is 4.63. The molecule has 0 fully saturated rings. The SMILES string of the molecule is NCc1cccc(-c2ccc(CNc3nc(=O)[nH]c4ncccc34)cc2)c1. The summed E-state index contributed by atoms with van der Waals surface area (Å²) in [6.45, 7) is 1.09. The lowest BCUT2D eigenvalue weighted by molar-refractivity contribution is 1.05. The lowest BCUT2D eigenvalue weighted by Gasteiger charge is -2.09. The third kappa shape index (κ3) is 3.70. The molecule has 0 amide bonds. The van der Waals surface area contributed by atoms with E-state index in [4.69, 9.17) is 5.73 Å². The Bertz CT molecular complexity index is 1140. The van der Waals surface area contributed by atoms with Crippen molar-refractivity contribution in [3.05, 3.63) is 88.5 Å². The summed E-state index contributed by atoms with van der Waals surface area (Å²) >= 11 is 0. The predicted molar refractivity (Wildman–Crippen MR) is 107 cm³/mol. The molecule has 4 aromatic rings. The number of rotatable bonds is 5. The molecule has 0 atom stereocenters. The zero-order chi connectivity index (χ0) is 18.6. The van der Waals surface area contributed by atoms with Gasteiger partial charge in [-0.1, -0.05) is 42.5 Å². The number of aromatic nitrogens is 3. The number of benzene rings is 2. The molecular weight excluding hydrogens is 338 g/mol. The first kappa shape index (κ1) is 16.9. The molecule has 4 N–H and O–H groups in total. The zero-order valence-corrected chi connectivity index (χ0v) is 14.6. The molecule has 0 bridgehead atoms. The Morgan fingerprint density at radius 1 is 0.963 bits per heavy atom. The lowest BCUT2D eigenvalue weighted by Crippen LogP contribution is -2.14. The molecular formula is C21H19N5O. The molecule has 0 spiro atoms. The van der Waals surface area contributed by atoms with Crippen LogP contribution < -0.4 is 16.7 Å². The highest BCUT2D eigenvalue weighted by Gasteiger charge is 2.06. The average Bonchev–Trinajstić information content (AvgIpc) is 2.72. The van der Waals surface area contributed by atoms with E-state index < -0.39 is 5.69 Å². The van der Waals surface area contributed by atoms with Crippen LogP contribution in [-0.2, 0) is 13.1 Å². The molecule has 6 nitrogen and oxygen atoms in total. The molecule has 0 unspecified atom stereocenters. The number of hydrogen-bond acceptors (Lipinski definition) is 5. The molecule has 0 aliphatic carbocycles. The van der Waals surface area contributed by atoms with E-state index in [0.717, 1.165) is 27.6 Å². The summed E-state index contributed by atoms with van der Waals surface area (Å²) in [6, 6.07) is 20.2. The van der Waals surface area contributed by atoms with Gasteiger partial charge in [0.05, 0.1) is 5.39 Å². The van der Waals surface area contributed by atoms with Gasteiger partial charge in [-0.2, -0.15) is 4.98 Å². The fourth-order valence-electron chi connectivity index (χ4n) is 3.00. The number of H-pyrrole nitrogens is 1. The lowest BCUT2D eigenvalue weighted by atomic mass is 10.0. The number of anilines is 1. The Morgan fingerprint density at radius 3 is 2.63 bits per heavy atom. The molecule has 134 valence electrons. The number of nitrogens with zero attached hydrogens (tertiary/aromatic N) is 2. The van der Waals surface area contributed by atoms with E-state index >= 15 is 0 Å². The van der Waals surface area contributed by atoms with Crippen LogP contribution >= 0.6 is 0 Å². The Hall–Kier alpha value is -3.51. The third-order valence-corrected chi connectivity index (χ3v) is 4.41. The van der Waals surface area contributed by atoms with Crippen LogP contribution in [0.4, 0.5) is 5.82 Å². The molecule has 0 radical (unpaired) electrons. The molecule has 6 heteroatoms.